The summed E-state index contributed by atoms with van der Waals surface area (Å²) >= 11 is 6.07. The minimum atomic E-state index is 0.714. The predicted molar refractivity (Wildman–Crippen MR) is 73.6 cm³/mol. The molecule has 0 atom stereocenters. The number of rotatable bonds is 3. The van der Waals surface area contributed by atoms with Crippen molar-refractivity contribution in [3.8, 4) is 0 Å². The van der Waals surface area contributed by atoms with Crippen molar-refractivity contribution in [1.82, 2.24) is 4.98 Å². The number of aryl methyl sites for hydroxylation is 3. The second-order valence-corrected chi connectivity index (χ2v) is 4.86. The minimum Gasteiger partial charge on any atom is -0.330 e. The van der Waals surface area contributed by atoms with E-state index in [9.17, 15) is 0 Å². The van der Waals surface area contributed by atoms with Gasteiger partial charge >= 0.3 is 0 Å². The Bertz CT molecular complexity index is 549. The lowest BCUT2D eigenvalue weighted by Gasteiger charge is -2.09. The van der Waals surface area contributed by atoms with Crippen molar-refractivity contribution in [3.05, 3.63) is 40.0 Å². The maximum Gasteiger partial charge on any atom is 0.0735 e. The van der Waals surface area contributed by atoms with Gasteiger partial charge in [0.1, 0.15) is 0 Å². The number of aromatic nitrogens is 1. The fraction of sp³-hybridized carbons (Fsp3) is 0.357. The highest BCUT2D eigenvalue weighted by molar-refractivity contribution is 6.31. The summed E-state index contributed by atoms with van der Waals surface area (Å²) in [5, 5.41) is 1.89. The van der Waals surface area contributed by atoms with Crippen LogP contribution < -0.4 is 5.73 Å². The van der Waals surface area contributed by atoms with Crippen LogP contribution in [0.2, 0.25) is 5.02 Å². The molecule has 17 heavy (non-hydrogen) atoms. The fourth-order valence-corrected chi connectivity index (χ4v) is 2.38. The van der Waals surface area contributed by atoms with Crippen LogP contribution in [-0.2, 0) is 6.42 Å². The van der Waals surface area contributed by atoms with Gasteiger partial charge in [0, 0.05) is 16.1 Å². The third-order valence-electron chi connectivity index (χ3n) is 3.02. The number of nitrogens with two attached hydrogens (primary N) is 1. The van der Waals surface area contributed by atoms with Gasteiger partial charge in [0.15, 0.2) is 0 Å². The zero-order valence-corrected chi connectivity index (χ0v) is 11.0. The normalized spacial score (nSPS) is 11.1. The molecule has 0 fully saturated rings. The summed E-state index contributed by atoms with van der Waals surface area (Å²) in [5.41, 5.74) is 10.1. The molecule has 1 heterocycles. The van der Waals surface area contributed by atoms with Crippen LogP contribution in [0.15, 0.2) is 18.2 Å². The summed E-state index contributed by atoms with van der Waals surface area (Å²) in [6, 6.07) is 6.12. The standard InChI is InChI=1S/C14H17ClN2/c1-9-6-13(15)8-12-7-11(4-3-5-16)10(2)17-14(9)12/h6-8H,3-5,16H2,1-2H3. The quantitative estimate of drug-likeness (QED) is 0.904. The van der Waals surface area contributed by atoms with E-state index in [0.717, 1.165) is 40.0 Å². The molecule has 1 aromatic heterocycles. The third-order valence-corrected chi connectivity index (χ3v) is 3.24. The minimum absolute atomic E-state index is 0.714. The molecular formula is C14H17ClN2. The molecule has 0 aliphatic rings. The second-order valence-electron chi connectivity index (χ2n) is 4.42. The molecule has 2 N–H and O–H groups in total. The molecule has 2 rings (SSSR count). The Morgan fingerprint density at radius 3 is 2.71 bits per heavy atom. The van der Waals surface area contributed by atoms with Crippen LogP contribution in [0.1, 0.15) is 23.2 Å². The lowest BCUT2D eigenvalue weighted by atomic mass is 10.0. The van der Waals surface area contributed by atoms with Crippen LogP contribution in [0.5, 0.6) is 0 Å². The molecule has 0 aliphatic carbocycles. The van der Waals surface area contributed by atoms with E-state index >= 15 is 0 Å². The number of hydrogen-bond donors (Lipinski definition) is 1. The zero-order chi connectivity index (χ0) is 12.4. The summed E-state index contributed by atoms with van der Waals surface area (Å²) in [6.07, 6.45) is 1.98. The Morgan fingerprint density at radius 1 is 1.24 bits per heavy atom. The maximum atomic E-state index is 6.07. The number of hydrogen-bond acceptors (Lipinski definition) is 2. The maximum absolute atomic E-state index is 6.07. The van der Waals surface area contributed by atoms with Gasteiger partial charge in [0.25, 0.3) is 0 Å². The highest BCUT2D eigenvalue weighted by Gasteiger charge is 2.06. The van der Waals surface area contributed by atoms with E-state index < -0.39 is 0 Å². The molecule has 0 unspecified atom stereocenters. The molecule has 2 aromatic rings. The molecule has 2 nitrogen and oxygen atoms in total. The van der Waals surface area contributed by atoms with Gasteiger partial charge in [-0.15, -0.1) is 0 Å². The van der Waals surface area contributed by atoms with Gasteiger partial charge in [-0.3, -0.25) is 4.98 Å². The number of pyridine rings is 1. The number of benzene rings is 1. The van der Waals surface area contributed by atoms with Crippen molar-refractivity contribution in [3.63, 3.8) is 0 Å². The molecule has 1 aromatic carbocycles. The molecule has 0 bridgehead atoms. The Balaban J connectivity index is 2.55. The molecule has 0 saturated carbocycles. The van der Waals surface area contributed by atoms with Crippen LogP contribution >= 0.6 is 11.6 Å². The zero-order valence-electron chi connectivity index (χ0n) is 10.3. The van der Waals surface area contributed by atoms with E-state index in [0.29, 0.717) is 6.54 Å². The van der Waals surface area contributed by atoms with E-state index in [4.69, 9.17) is 17.3 Å². The highest BCUT2D eigenvalue weighted by atomic mass is 35.5. The largest absolute Gasteiger partial charge is 0.330 e. The van der Waals surface area contributed by atoms with Crippen molar-refractivity contribution in [2.24, 2.45) is 5.73 Å². The van der Waals surface area contributed by atoms with E-state index in [-0.39, 0.29) is 0 Å². The van der Waals surface area contributed by atoms with Gasteiger partial charge in [-0.1, -0.05) is 11.6 Å². The van der Waals surface area contributed by atoms with Crippen molar-refractivity contribution in [2.45, 2.75) is 26.7 Å². The van der Waals surface area contributed by atoms with Gasteiger partial charge in [-0.2, -0.15) is 0 Å². The smallest absolute Gasteiger partial charge is 0.0735 e. The van der Waals surface area contributed by atoms with Gasteiger partial charge in [-0.25, -0.2) is 0 Å². The number of fused-ring (bicyclic) bond motifs is 1. The molecule has 0 saturated heterocycles. The molecular weight excluding hydrogens is 232 g/mol. The first-order valence-electron chi connectivity index (χ1n) is 5.88. The van der Waals surface area contributed by atoms with Crippen LogP contribution in [-0.4, -0.2) is 11.5 Å². The summed E-state index contributed by atoms with van der Waals surface area (Å²) in [7, 11) is 0. The molecule has 0 amide bonds. The SMILES string of the molecule is Cc1nc2c(C)cc(Cl)cc2cc1CCCN. The molecule has 0 radical (unpaired) electrons. The Morgan fingerprint density at radius 2 is 2.00 bits per heavy atom. The fourth-order valence-electron chi connectivity index (χ4n) is 2.10. The van der Waals surface area contributed by atoms with Crippen molar-refractivity contribution in [2.75, 3.05) is 6.54 Å². The van der Waals surface area contributed by atoms with Gasteiger partial charge in [-0.05, 0) is 62.6 Å². The average Bonchev–Trinajstić information content (AvgIpc) is 2.27. The van der Waals surface area contributed by atoms with E-state index in [1.807, 2.05) is 19.1 Å². The lowest BCUT2D eigenvalue weighted by Crippen LogP contribution is -2.02. The molecule has 0 aliphatic heterocycles. The summed E-state index contributed by atoms with van der Waals surface area (Å²) in [5.74, 6) is 0. The number of halogens is 1. The van der Waals surface area contributed by atoms with Crippen molar-refractivity contribution >= 4 is 22.5 Å². The Labute approximate surface area is 107 Å². The lowest BCUT2D eigenvalue weighted by molar-refractivity contribution is 0.824. The predicted octanol–water partition coefficient (Wildman–Crippen LogP) is 3.40. The Kier molecular flexibility index (Phi) is 3.65. The van der Waals surface area contributed by atoms with E-state index in [2.05, 4.69) is 18.0 Å². The van der Waals surface area contributed by atoms with Crippen molar-refractivity contribution in [1.29, 1.82) is 0 Å². The molecule has 3 heteroatoms. The summed E-state index contributed by atoms with van der Waals surface area (Å²) < 4.78 is 0. The van der Waals surface area contributed by atoms with E-state index in [1.165, 1.54) is 5.56 Å². The van der Waals surface area contributed by atoms with Gasteiger partial charge in [0.2, 0.25) is 0 Å². The number of nitrogens with zero attached hydrogens (tertiary/aromatic N) is 1. The van der Waals surface area contributed by atoms with Crippen LogP contribution in [0.25, 0.3) is 10.9 Å². The second kappa shape index (κ2) is 5.03. The summed E-state index contributed by atoms with van der Waals surface area (Å²) in [4.78, 5) is 4.67. The monoisotopic (exact) mass is 248 g/mol. The van der Waals surface area contributed by atoms with Gasteiger partial charge < -0.3 is 5.73 Å². The highest BCUT2D eigenvalue weighted by Crippen LogP contribution is 2.24. The first kappa shape index (κ1) is 12.3. The molecule has 0 spiro atoms. The van der Waals surface area contributed by atoms with Crippen molar-refractivity contribution < 1.29 is 0 Å². The Hall–Kier alpha value is -1.12. The average molecular weight is 249 g/mol. The van der Waals surface area contributed by atoms with Crippen LogP contribution in [0, 0.1) is 13.8 Å². The topological polar surface area (TPSA) is 38.9 Å². The van der Waals surface area contributed by atoms with Gasteiger partial charge in [0.05, 0.1) is 5.52 Å². The van der Waals surface area contributed by atoms with Crippen LogP contribution in [0.4, 0.5) is 0 Å². The third kappa shape index (κ3) is 2.59. The molecule has 90 valence electrons. The van der Waals surface area contributed by atoms with E-state index in [1.54, 1.807) is 0 Å². The first-order chi connectivity index (χ1) is 8.11. The first-order valence-corrected chi connectivity index (χ1v) is 6.26. The summed E-state index contributed by atoms with van der Waals surface area (Å²) in [6.45, 7) is 4.81. The van der Waals surface area contributed by atoms with Crippen LogP contribution in [0.3, 0.4) is 0 Å².